The number of nitrogens with zero attached hydrogens (tertiary/aromatic N) is 1. The Kier molecular flexibility index (Phi) is 3.49. The molecule has 90 valence electrons. The molecule has 1 aromatic rings. The average Bonchev–Trinajstić information content (AvgIpc) is 2.39. The lowest BCUT2D eigenvalue weighted by atomic mass is 10.1. The third-order valence-electron chi connectivity index (χ3n) is 2.60. The highest BCUT2D eigenvalue weighted by molar-refractivity contribution is 6.42. The van der Waals surface area contributed by atoms with Gasteiger partial charge >= 0.3 is 0 Å². The molecule has 1 aromatic carbocycles. The van der Waals surface area contributed by atoms with Crippen molar-refractivity contribution in [3.8, 4) is 0 Å². The summed E-state index contributed by atoms with van der Waals surface area (Å²) in [6, 6.07) is 4.96. The number of halogens is 1. The van der Waals surface area contributed by atoms with Crippen LogP contribution in [0.3, 0.4) is 0 Å². The normalized spacial score (nSPS) is 15.7. The van der Waals surface area contributed by atoms with E-state index in [1.165, 1.54) is 29.2 Å². The minimum atomic E-state index is -0.605. The first-order valence-corrected chi connectivity index (χ1v) is 5.35. The van der Waals surface area contributed by atoms with Gasteiger partial charge in [0.25, 0.3) is 5.91 Å². The first-order valence-electron chi connectivity index (χ1n) is 5.35. The van der Waals surface area contributed by atoms with Gasteiger partial charge in [-0.15, -0.1) is 0 Å². The van der Waals surface area contributed by atoms with Gasteiger partial charge in [0.15, 0.2) is 0 Å². The molecular weight excluding hydrogens is 225 g/mol. The first kappa shape index (κ1) is 11.7. The van der Waals surface area contributed by atoms with E-state index in [9.17, 15) is 14.0 Å². The molecule has 2 rings (SSSR count). The van der Waals surface area contributed by atoms with Crippen LogP contribution in [0.1, 0.15) is 10.4 Å². The van der Waals surface area contributed by atoms with Crippen LogP contribution in [0.15, 0.2) is 24.3 Å². The highest BCUT2D eigenvalue weighted by Gasteiger charge is 2.24. The fourth-order valence-corrected chi connectivity index (χ4v) is 1.63. The number of Topliss-reactive ketones (excluding diaryl/α,β-unsaturated/α-hetero) is 1. The second-order valence-electron chi connectivity index (χ2n) is 3.74. The van der Waals surface area contributed by atoms with Crippen LogP contribution in [-0.4, -0.2) is 42.9 Å². The first-order chi connectivity index (χ1) is 8.18. The molecule has 17 heavy (non-hydrogen) atoms. The molecule has 1 amide bonds. The number of ether oxygens (including phenoxy) is 1. The van der Waals surface area contributed by atoms with Gasteiger partial charge in [-0.25, -0.2) is 4.39 Å². The Bertz CT molecular complexity index is 424. The molecule has 0 aromatic heterocycles. The van der Waals surface area contributed by atoms with Crippen LogP contribution < -0.4 is 0 Å². The summed E-state index contributed by atoms with van der Waals surface area (Å²) < 4.78 is 17.8. The molecule has 4 nitrogen and oxygen atoms in total. The van der Waals surface area contributed by atoms with Crippen molar-refractivity contribution in [2.24, 2.45) is 0 Å². The fourth-order valence-electron chi connectivity index (χ4n) is 1.63. The van der Waals surface area contributed by atoms with Crippen LogP contribution >= 0.6 is 0 Å². The Morgan fingerprint density at radius 1 is 1.12 bits per heavy atom. The van der Waals surface area contributed by atoms with Gasteiger partial charge in [-0.1, -0.05) is 0 Å². The molecule has 0 atom stereocenters. The predicted octanol–water partition coefficient (Wildman–Crippen LogP) is 0.867. The number of hydrogen-bond donors (Lipinski definition) is 0. The Labute approximate surface area is 98.0 Å². The van der Waals surface area contributed by atoms with Crippen molar-refractivity contribution in [2.75, 3.05) is 26.3 Å². The monoisotopic (exact) mass is 237 g/mol. The van der Waals surface area contributed by atoms with E-state index in [0.717, 1.165) is 0 Å². The van der Waals surface area contributed by atoms with E-state index in [4.69, 9.17) is 4.74 Å². The quantitative estimate of drug-likeness (QED) is 0.566. The van der Waals surface area contributed by atoms with Crippen molar-refractivity contribution in [1.82, 2.24) is 4.90 Å². The molecule has 0 radical (unpaired) electrons. The molecule has 0 saturated carbocycles. The third kappa shape index (κ3) is 2.68. The number of ketones is 1. The zero-order chi connectivity index (χ0) is 12.3. The summed E-state index contributed by atoms with van der Waals surface area (Å²) in [6.45, 7) is 1.74. The molecule has 1 aliphatic rings. The lowest BCUT2D eigenvalue weighted by molar-refractivity contribution is -0.130. The van der Waals surface area contributed by atoms with E-state index in [2.05, 4.69) is 0 Å². The van der Waals surface area contributed by atoms with Gasteiger partial charge in [0.2, 0.25) is 5.78 Å². The van der Waals surface area contributed by atoms with Gasteiger partial charge < -0.3 is 9.64 Å². The summed E-state index contributed by atoms with van der Waals surface area (Å²) in [7, 11) is 0. The SMILES string of the molecule is O=C(C(=O)N1CCOCC1)c1ccc(F)cc1. The second kappa shape index (κ2) is 5.05. The smallest absolute Gasteiger partial charge is 0.295 e. The zero-order valence-corrected chi connectivity index (χ0v) is 9.19. The van der Waals surface area contributed by atoms with Gasteiger partial charge in [0, 0.05) is 18.7 Å². The lowest BCUT2D eigenvalue weighted by Crippen LogP contribution is -2.44. The van der Waals surface area contributed by atoms with Crippen LogP contribution in [0.2, 0.25) is 0 Å². The maximum atomic E-state index is 12.7. The summed E-state index contributed by atoms with van der Waals surface area (Å²) in [6.07, 6.45) is 0. The Balaban J connectivity index is 2.08. The molecule has 1 saturated heterocycles. The van der Waals surface area contributed by atoms with Crippen LogP contribution in [-0.2, 0) is 9.53 Å². The van der Waals surface area contributed by atoms with Crippen molar-refractivity contribution in [2.45, 2.75) is 0 Å². The number of hydrogen-bond acceptors (Lipinski definition) is 3. The van der Waals surface area contributed by atoms with E-state index in [0.29, 0.717) is 26.3 Å². The van der Waals surface area contributed by atoms with Gasteiger partial charge in [-0.05, 0) is 24.3 Å². The van der Waals surface area contributed by atoms with E-state index >= 15 is 0 Å². The fraction of sp³-hybridized carbons (Fsp3) is 0.333. The number of amides is 1. The van der Waals surface area contributed by atoms with Crippen LogP contribution in [0, 0.1) is 5.82 Å². The summed E-state index contributed by atoms with van der Waals surface area (Å²) in [4.78, 5) is 25.1. The highest BCUT2D eigenvalue weighted by atomic mass is 19.1. The maximum Gasteiger partial charge on any atom is 0.295 e. The molecule has 1 fully saturated rings. The number of morpholine rings is 1. The predicted molar refractivity (Wildman–Crippen MR) is 58.1 cm³/mol. The minimum absolute atomic E-state index is 0.211. The molecule has 0 unspecified atom stereocenters. The zero-order valence-electron chi connectivity index (χ0n) is 9.19. The Hall–Kier alpha value is -1.75. The van der Waals surface area contributed by atoms with E-state index in [-0.39, 0.29) is 5.56 Å². The Morgan fingerprint density at radius 3 is 2.29 bits per heavy atom. The van der Waals surface area contributed by atoms with Crippen molar-refractivity contribution in [3.05, 3.63) is 35.6 Å². The van der Waals surface area contributed by atoms with Crippen LogP contribution in [0.5, 0.6) is 0 Å². The Morgan fingerprint density at radius 2 is 1.71 bits per heavy atom. The molecule has 5 heteroatoms. The largest absolute Gasteiger partial charge is 0.378 e. The number of carbonyl (C=O) groups excluding carboxylic acids is 2. The van der Waals surface area contributed by atoms with E-state index in [1.54, 1.807) is 0 Å². The van der Waals surface area contributed by atoms with Gasteiger partial charge in [0.05, 0.1) is 13.2 Å². The minimum Gasteiger partial charge on any atom is -0.378 e. The molecule has 1 heterocycles. The number of rotatable bonds is 2. The highest BCUT2D eigenvalue weighted by Crippen LogP contribution is 2.07. The summed E-state index contributed by atoms with van der Waals surface area (Å²) in [5.74, 6) is -1.59. The number of carbonyl (C=O) groups is 2. The summed E-state index contributed by atoms with van der Waals surface area (Å²) in [5, 5.41) is 0. The van der Waals surface area contributed by atoms with Crippen LogP contribution in [0.25, 0.3) is 0 Å². The lowest BCUT2D eigenvalue weighted by Gasteiger charge is -2.26. The summed E-state index contributed by atoms with van der Waals surface area (Å²) in [5.41, 5.74) is 0.211. The van der Waals surface area contributed by atoms with Crippen molar-refractivity contribution < 1.29 is 18.7 Å². The molecule has 1 aliphatic heterocycles. The van der Waals surface area contributed by atoms with Crippen molar-refractivity contribution in [1.29, 1.82) is 0 Å². The molecule has 0 N–H and O–H groups in total. The number of benzene rings is 1. The van der Waals surface area contributed by atoms with Gasteiger partial charge in [-0.3, -0.25) is 9.59 Å². The third-order valence-corrected chi connectivity index (χ3v) is 2.60. The standard InChI is InChI=1S/C12H12FNO3/c13-10-3-1-9(2-4-10)11(15)12(16)14-5-7-17-8-6-14/h1-4H,5-8H2. The molecule has 0 aliphatic carbocycles. The van der Waals surface area contributed by atoms with Crippen molar-refractivity contribution >= 4 is 11.7 Å². The molecular formula is C12H12FNO3. The van der Waals surface area contributed by atoms with E-state index < -0.39 is 17.5 Å². The van der Waals surface area contributed by atoms with Crippen molar-refractivity contribution in [3.63, 3.8) is 0 Å². The second-order valence-corrected chi connectivity index (χ2v) is 3.74. The molecule has 0 spiro atoms. The van der Waals surface area contributed by atoms with E-state index in [1.807, 2.05) is 0 Å². The van der Waals surface area contributed by atoms with Gasteiger partial charge in [-0.2, -0.15) is 0 Å². The average molecular weight is 237 g/mol. The maximum absolute atomic E-state index is 12.7. The van der Waals surface area contributed by atoms with Crippen LogP contribution in [0.4, 0.5) is 4.39 Å². The molecule has 0 bridgehead atoms. The topological polar surface area (TPSA) is 46.6 Å². The summed E-state index contributed by atoms with van der Waals surface area (Å²) >= 11 is 0. The van der Waals surface area contributed by atoms with Gasteiger partial charge in [0.1, 0.15) is 5.82 Å².